The summed E-state index contributed by atoms with van der Waals surface area (Å²) in [6, 6.07) is 22.4. The van der Waals surface area contributed by atoms with Crippen LogP contribution in [0.2, 0.25) is 0 Å². The van der Waals surface area contributed by atoms with Gasteiger partial charge in [-0.2, -0.15) is 0 Å². The number of nitrogens with zero attached hydrogens (tertiary/aromatic N) is 2. The Morgan fingerprint density at radius 3 is 2.50 bits per heavy atom. The first-order valence-corrected chi connectivity index (χ1v) is 13.0. The van der Waals surface area contributed by atoms with Gasteiger partial charge in [-0.1, -0.05) is 48.4 Å². The van der Waals surface area contributed by atoms with E-state index in [0.717, 1.165) is 66.9 Å². The Hall–Kier alpha value is -3.60. The van der Waals surface area contributed by atoms with Crippen molar-refractivity contribution < 1.29 is 9.53 Å². The van der Waals surface area contributed by atoms with Gasteiger partial charge in [0.1, 0.15) is 11.6 Å². The van der Waals surface area contributed by atoms with Gasteiger partial charge in [0.2, 0.25) is 0 Å². The molecular weight excluding hydrogens is 446 g/mol. The third-order valence-corrected chi connectivity index (χ3v) is 6.54. The van der Waals surface area contributed by atoms with Gasteiger partial charge in [-0.25, -0.2) is 4.98 Å². The van der Waals surface area contributed by atoms with Crippen LogP contribution in [0.15, 0.2) is 66.7 Å². The van der Waals surface area contributed by atoms with Crippen LogP contribution >= 0.6 is 0 Å². The van der Waals surface area contributed by atoms with Crippen molar-refractivity contribution in [2.24, 2.45) is 0 Å². The average molecular weight is 484 g/mol. The summed E-state index contributed by atoms with van der Waals surface area (Å²) in [5.74, 6) is 2.10. The van der Waals surface area contributed by atoms with Gasteiger partial charge in [-0.3, -0.25) is 4.79 Å². The number of benzene rings is 3. The maximum atomic E-state index is 12.3. The van der Waals surface area contributed by atoms with Crippen LogP contribution in [0.1, 0.15) is 58.6 Å². The number of hydrogen-bond acceptors (Lipinski definition) is 3. The number of ether oxygens (including phenoxy) is 1. The molecule has 1 N–H and O–H groups in total. The summed E-state index contributed by atoms with van der Waals surface area (Å²) in [7, 11) is 0. The number of rotatable bonds is 12. The molecule has 3 aromatic carbocycles. The second kappa shape index (κ2) is 12.4. The minimum Gasteiger partial charge on any atom is -0.493 e. The van der Waals surface area contributed by atoms with E-state index in [1.807, 2.05) is 37.3 Å². The van der Waals surface area contributed by atoms with E-state index in [-0.39, 0.29) is 5.91 Å². The SMILES string of the molecule is Cc1ccc(C(=O)NCCCCCc2nc3ccccc3n2CCCOc2cc(C)ccc2C)cc1. The molecule has 0 aliphatic rings. The van der Waals surface area contributed by atoms with E-state index in [0.29, 0.717) is 13.2 Å². The van der Waals surface area contributed by atoms with Crippen molar-refractivity contribution in [2.75, 3.05) is 13.2 Å². The highest BCUT2D eigenvalue weighted by molar-refractivity contribution is 5.94. The molecule has 36 heavy (non-hydrogen) atoms. The van der Waals surface area contributed by atoms with Crippen molar-refractivity contribution in [3.05, 3.63) is 94.8 Å². The maximum absolute atomic E-state index is 12.3. The first-order chi connectivity index (χ1) is 17.5. The first-order valence-electron chi connectivity index (χ1n) is 13.0. The Bertz CT molecular complexity index is 1290. The average Bonchev–Trinajstić information content (AvgIpc) is 3.23. The molecule has 0 aliphatic heterocycles. The Balaban J connectivity index is 1.25. The molecule has 1 heterocycles. The van der Waals surface area contributed by atoms with Gasteiger partial charge >= 0.3 is 0 Å². The Labute approximate surface area is 214 Å². The van der Waals surface area contributed by atoms with Crippen LogP contribution in [0.5, 0.6) is 5.75 Å². The number of aromatic nitrogens is 2. The fourth-order valence-corrected chi connectivity index (χ4v) is 4.43. The largest absolute Gasteiger partial charge is 0.493 e. The van der Waals surface area contributed by atoms with E-state index in [2.05, 4.69) is 60.1 Å². The number of nitrogens with one attached hydrogen (secondary N) is 1. The second-order valence-corrected chi connectivity index (χ2v) is 9.57. The normalized spacial score (nSPS) is 11.1. The van der Waals surface area contributed by atoms with Gasteiger partial charge in [0, 0.05) is 25.1 Å². The van der Waals surface area contributed by atoms with Gasteiger partial charge in [0.15, 0.2) is 0 Å². The van der Waals surface area contributed by atoms with Crippen LogP contribution < -0.4 is 10.1 Å². The highest BCUT2D eigenvalue weighted by Gasteiger charge is 2.11. The number of imidazole rings is 1. The van der Waals surface area contributed by atoms with Crippen molar-refractivity contribution in [3.63, 3.8) is 0 Å². The summed E-state index contributed by atoms with van der Waals surface area (Å²) in [5.41, 5.74) is 6.50. The second-order valence-electron chi connectivity index (χ2n) is 9.57. The first kappa shape index (κ1) is 25.5. The molecule has 0 saturated carbocycles. The minimum absolute atomic E-state index is 0.000122. The summed E-state index contributed by atoms with van der Waals surface area (Å²) in [5, 5.41) is 3.03. The third-order valence-electron chi connectivity index (χ3n) is 6.54. The third kappa shape index (κ3) is 6.75. The van der Waals surface area contributed by atoms with Gasteiger partial charge in [-0.05, 0) is 81.5 Å². The predicted octanol–water partition coefficient (Wildman–Crippen LogP) is 6.57. The molecule has 0 saturated heterocycles. The highest BCUT2D eigenvalue weighted by Crippen LogP contribution is 2.21. The fourth-order valence-electron chi connectivity index (χ4n) is 4.43. The molecule has 0 atom stereocenters. The van der Waals surface area contributed by atoms with Gasteiger partial charge in [0.05, 0.1) is 17.6 Å². The molecule has 5 heteroatoms. The van der Waals surface area contributed by atoms with Crippen molar-refractivity contribution in [2.45, 2.75) is 59.4 Å². The Kier molecular flexibility index (Phi) is 8.77. The lowest BCUT2D eigenvalue weighted by atomic mass is 10.1. The number of unbranched alkanes of at least 4 members (excludes halogenated alkanes) is 2. The molecule has 188 valence electrons. The molecule has 0 aliphatic carbocycles. The van der Waals surface area contributed by atoms with Crippen molar-refractivity contribution in [3.8, 4) is 5.75 Å². The van der Waals surface area contributed by atoms with E-state index >= 15 is 0 Å². The fraction of sp³-hybridized carbons (Fsp3) is 0.355. The lowest BCUT2D eigenvalue weighted by Gasteiger charge is -2.12. The van der Waals surface area contributed by atoms with Gasteiger partial charge in [-0.15, -0.1) is 0 Å². The summed E-state index contributed by atoms with van der Waals surface area (Å²) < 4.78 is 8.43. The van der Waals surface area contributed by atoms with Crippen molar-refractivity contribution in [1.29, 1.82) is 0 Å². The zero-order valence-electron chi connectivity index (χ0n) is 21.7. The van der Waals surface area contributed by atoms with Crippen LogP contribution in [-0.4, -0.2) is 28.6 Å². The molecule has 1 aromatic heterocycles. The lowest BCUT2D eigenvalue weighted by Crippen LogP contribution is -2.24. The van der Waals surface area contributed by atoms with E-state index in [9.17, 15) is 4.79 Å². The highest BCUT2D eigenvalue weighted by atomic mass is 16.5. The summed E-state index contributed by atoms with van der Waals surface area (Å²) in [6.45, 7) is 8.46. The van der Waals surface area contributed by atoms with Crippen molar-refractivity contribution >= 4 is 16.9 Å². The number of amides is 1. The molecule has 0 bridgehead atoms. The van der Waals surface area contributed by atoms with Crippen LogP contribution in [0.4, 0.5) is 0 Å². The summed E-state index contributed by atoms with van der Waals surface area (Å²) in [6.07, 6.45) is 4.90. The predicted molar refractivity (Wildman–Crippen MR) is 147 cm³/mol. The Morgan fingerprint density at radius 1 is 0.889 bits per heavy atom. The summed E-state index contributed by atoms with van der Waals surface area (Å²) in [4.78, 5) is 17.2. The standard InChI is InChI=1S/C31H37N3O2/c1-23-14-17-26(18-15-23)31(35)32-19-8-4-5-12-30-33-27-10-6-7-11-28(27)34(30)20-9-21-36-29-22-24(2)13-16-25(29)3/h6-7,10-11,13-18,22H,4-5,8-9,12,19-21H2,1-3H3,(H,32,35). The number of para-hydroxylation sites is 2. The van der Waals surface area contributed by atoms with Crippen LogP contribution in [0.25, 0.3) is 11.0 Å². The number of hydrogen-bond donors (Lipinski definition) is 1. The molecule has 4 aromatic rings. The Morgan fingerprint density at radius 2 is 1.67 bits per heavy atom. The van der Waals surface area contributed by atoms with Crippen LogP contribution in [0, 0.1) is 20.8 Å². The molecule has 0 radical (unpaired) electrons. The molecule has 0 unspecified atom stereocenters. The molecule has 4 rings (SSSR count). The molecule has 1 amide bonds. The van der Waals surface area contributed by atoms with Crippen LogP contribution in [0.3, 0.4) is 0 Å². The summed E-state index contributed by atoms with van der Waals surface area (Å²) >= 11 is 0. The monoisotopic (exact) mass is 483 g/mol. The van der Waals surface area contributed by atoms with Gasteiger partial charge in [0.25, 0.3) is 5.91 Å². The van der Waals surface area contributed by atoms with Crippen molar-refractivity contribution in [1.82, 2.24) is 14.9 Å². The maximum Gasteiger partial charge on any atom is 0.251 e. The van der Waals surface area contributed by atoms with Gasteiger partial charge < -0.3 is 14.6 Å². The number of carbonyl (C=O) groups is 1. The minimum atomic E-state index is -0.000122. The zero-order valence-corrected chi connectivity index (χ0v) is 21.7. The van der Waals surface area contributed by atoms with E-state index in [4.69, 9.17) is 9.72 Å². The number of aryl methyl sites for hydroxylation is 5. The lowest BCUT2D eigenvalue weighted by molar-refractivity contribution is 0.0953. The molecule has 5 nitrogen and oxygen atoms in total. The smallest absolute Gasteiger partial charge is 0.251 e. The molecule has 0 fully saturated rings. The van der Waals surface area contributed by atoms with E-state index < -0.39 is 0 Å². The molecule has 0 spiro atoms. The van der Waals surface area contributed by atoms with E-state index in [1.54, 1.807) is 0 Å². The molecular formula is C31H37N3O2. The number of carbonyl (C=O) groups excluding carboxylic acids is 1. The topological polar surface area (TPSA) is 56.2 Å². The zero-order chi connectivity index (χ0) is 25.3. The van der Waals surface area contributed by atoms with E-state index in [1.165, 1.54) is 16.6 Å². The van der Waals surface area contributed by atoms with Crippen LogP contribution in [-0.2, 0) is 13.0 Å². The number of fused-ring (bicyclic) bond motifs is 1. The quantitative estimate of drug-likeness (QED) is 0.232.